The van der Waals surface area contributed by atoms with E-state index in [1.54, 1.807) is 24.5 Å². The summed E-state index contributed by atoms with van der Waals surface area (Å²) in [5.74, 6) is -0.501. The molecule has 5 heteroatoms. The van der Waals surface area contributed by atoms with Gasteiger partial charge in [-0.25, -0.2) is 4.39 Å². The van der Waals surface area contributed by atoms with Crippen molar-refractivity contribution in [3.8, 4) is 6.07 Å². The molecular formula is C20H15ClFN3. The normalized spacial score (nSPS) is 12.8. The molecule has 3 rings (SSSR count). The zero-order valence-corrected chi connectivity index (χ0v) is 14.0. The van der Waals surface area contributed by atoms with E-state index in [2.05, 4.69) is 16.4 Å². The van der Waals surface area contributed by atoms with Crippen molar-refractivity contribution in [2.24, 2.45) is 0 Å². The largest absolute Gasteiger partial charge is 0.363 e. The summed E-state index contributed by atoms with van der Waals surface area (Å²) < 4.78 is 13.4. The molecule has 0 radical (unpaired) electrons. The van der Waals surface area contributed by atoms with Gasteiger partial charge in [-0.1, -0.05) is 48.0 Å². The van der Waals surface area contributed by atoms with E-state index in [0.29, 0.717) is 12.1 Å². The number of hydrogen-bond acceptors (Lipinski definition) is 3. The second-order valence-corrected chi connectivity index (χ2v) is 6.08. The van der Waals surface area contributed by atoms with Crippen LogP contribution in [0.15, 0.2) is 73.1 Å². The molecule has 0 aliphatic carbocycles. The van der Waals surface area contributed by atoms with E-state index in [1.807, 2.05) is 36.4 Å². The van der Waals surface area contributed by atoms with Crippen LogP contribution < -0.4 is 5.32 Å². The lowest BCUT2D eigenvalue weighted by atomic mass is 9.85. The lowest BCUT2D eigenvalue weighted by molar-refractivity contribution is 0.616. The molecule has 0 fully saturated rings. The molecule has 1 atom stereocenters. The monoisotopic (exact) mass is 351 g/mol. The molecule has 3 aromatic rings. The lowest BCUT2D eigenvalue weighted by Gasteiger charge is -2.29. The average Bonchev–Trinajstić information content (AvgIpc) is 2.66. The van der Waals surface area contributed by atoms with Crippen LogP contribution >= 0.6 is 11.6 Å². The van der Waals surface area contributed by atoms with Crippen molar-refractivity contribution in [2.75, 3.05) is 5.32 Å². The molecule has 1 heterocycles. The number of halogens is 2. The third-order valence-corrected chi connectivity index (χ3v) is 4.22. The summed E-state index contributed by atoms with van der Waals surface area (Å²) >= 11 is 5.88. The first kappa shape index (κ1) is 16.9. The smallest absolute Gasteiger partial charge is 0.156 e. The number of nitrogens with one attached hydrogen (secondary N) is 1. The molecule has 0 saturated heterocycles. The maximum Gasteiger partial charge on any atom is 0.156 e. The fraction of sp³-hybridized carbons (Fsp3) is 0.100. The van der Waals surface area contributed by atoms with Crippen LogP contribution in [0.1, 0.15) is 11.1 Å². The van der Waals surface area contributed by atoms with E-state index in [4.69, 9.17) is 11.6 Å². The van der Waals surface area contributed by atoms with Crippen LogP contribution in [0.5, 0.6) is 0 Å². The van der Waals surface area contributed by atoms with E-state index in [-0.39, 0.29) is 5.02 Å². The van der Waals surface area contributed by atoms with Gasteiger partial charge >= 0.3 is 0 Å². The molecule has 0 spiro atoms. The number of nitriles is 1. The number of anilines is 1. The van der Waals surface area contributed by atoms with Crippen molar-refractivity contribution in [1.82, 2.24) is 4.98 Å². The van der Waals surface area contributed by atoms with E-state index in [9.17, 15) is 9.65 Å². The highest BCUT2D eigenvalue weighted by Gasteiger charge is 2.33. The number of aromatic nitrogens is 1. The minimum absolute atomic E-state index is 0.00253. The van der Waals surface area contributed by atoms with Crippen LogP contribution in [0.3, 0.4) is 0 Å². The lowest BCUT2D eigenvalue weighted by Crippen LogP contribution is -2.36. The van der Waals surface area contributed by atoms with Gasteiger partial charge in [-0.05, 0) is 29.8 Å². The summed E-state index contributed by atoms with van der Waals surface area (Å²) in [5.41, 5.74) is 1.22. The first-order chi connectivity index (χ1) is 12.1. The summed E-state index contributed by atoms with van der Waals surface area (Å²) in [4.78, 5) is 4.14. The molecule has 0 amide bonds. The Balaban J connectivity index is 2.04. The van der Waals surface area contributed by atoms with Gasteiger partial charge in [0.25, 0.3) is 0 Å². The van der Waals surface area contributed by atoms with E-state index < -0.39 is 11.4 Å². The standard InChI is InChI=1S/C20H15ClFN3/c21-18-11-17(8-9-19(18)22)25-20(14-23,16-7-4-10-24-13-16)12-15-5-2-1-3-6-15/h1-11,13,25H,12H2. The molecule has 1 unspecified atom stereocenters. The van der Waals surface area contributed by atoms with Crippen LogP contribution in [0.2, 0.25) is 5.02 Å². The van der Waals surface area contributed by atoms with Gasteiger partial charge in [-0.15, -0.1) is 0 Å². The SMILES string of the molecule is N#CC(Cc1ccccc1)(Nc1ccc(F)c(Cl)c1)c1cccnc1. The van der Waals surface area contributed by atoms with Gasteiger partial charge in [0, 0.05) is 30.1 Å². The quantitative estimate of drug-likeness (QED) is 0.707. The Bertz CT molecular complexity index is 894. The Labute approximate surface area is 150 Å². The second-order valence-electron chi connectivity index (χ2n) is 5.68. The zero-order chi connectivity index (χ0) is 17.7. The van der Waals surface area contributed by atoms with Crippen molar-refractivity contribution in [3.63, 3.8) is 0 Å². The predicted molar refractivity (Wildman–Crippen MR) is 96.7 cm³/mol. The number of nitrogens with zero attached hydrogens (tertiary/aromatic N) is 2. The topological polar surface area (TPSA) is 48.7 Å². The van der Waals surface area contributed by atoms with Gasteiger partial charge in [0.15, 0.2) is 5.54 Å². The Kier molecular flexibility index (Phi) is 4.97. The number of hydrogen-bond donors (Lipinski definition) is 1. The maximum atomic E-state index is 13.4. The van der Waals surface area contributed by atoms with Crippen LogP contribution in [0.25, 0.3) is 0 Å². The Morgan fingerprint density at radius 2 is 1.92 bits per heavy atom. The average molecular weight is 352 g/mol. The van der Waals surface area contributed by atoms with Gasteiger partial charge in [-0.3, -0.25) is 4.98 Å². The Hall–Kier alpha value is -2.90. The van der Waals surface area contributed by atoms with E-state index in [1.165, 1.54) is 12.1 Å². The van der Waals surface area contributed by atoms with Crippen LogP contribution in [-0.4, -0.2) is 4.98 Å². The van der Waals surface area contributed by atoms with Crippen molar-refractivity contribution < 1.29 is 4.39 Å². The molecule has 1 aromatic heterocycles. The molecule has 0 aliphatic rings. The molecule has 3 nitrogen and oxygen atoms in total. The number of rotatable bonds is 5. The van der Waals surface area contributed by atoms with Crippen LogP contribution in [-0.2, 0) is 12.0 Å². The van der Waals surface area contributed by atoms with Gasteiger partial charge in [0.1, 0.15) is 5.82 Å². The summed E-state index contributed by atoms with van der Waals surface area (Å²) in [6, 6.07) is 20.0. The Morgan fingerprint density at radius 3 is 2.56 bits per heavy atom. The van der Waals surface area contributed by atoms with Crippen LogP contribution in [0.4, 0.5) is 10.1 Å². The van der Waals surface area contributed by atoms with E-state index in [0.717, 1.165) is 11.1 Å². The maximum absolute atomic E-state index is 13.4. The third kappa shape index (κ3) is 3.78. The number of pyridine rings is 1. The molecular weight excluding hydrogens is 337 g/mol. The molecule has 124 valence electrons. The zero-order valence-electron chi connectivity index (χ0n) is 13.3. The summed E-state index contributed by atoms with van der Waals surface area (Å²) in [6.45, 7) is 0. The van der Waals surface area contributed by atoms with Gasteiger partial charge in [-0.2, -0.15) is 5.26 Å². The summed E-state index contributed by atoms with van der Waals surface area (Å²) in [5, 5.41) is 13.3. The van der Waals surface area contributed by atoms with Gasteiger partial charge in [0.2, 0.25) is 0 Å². The summed E-state index contributed by atoms with van der Waals surface area (Å²) in [6.07, 6.45) is 3.73. The highest BCUT2D eigenvalue weighted by atomic mass is 35.5. The molecule has 0 aliphatic heterocycles. The van der Waals surface area contributed by atoms with Gasteiger partial charge in [0.05, 0.1) is 11.1 Å². The molecule has 25 heavy (non-hydrogen) atoms. The number of benzene rings is 2. The van der Waals surface area contributed by atoms with Crippen molar-refractivity contribution >= 4 is 17.3 Å². The van der Waals surface area contributed by atoms with Crippen LogP contribution in [0, 0.1) is 17.1 Å². The minimum atomic E-state index is -1.06. The summed E-state index contributed by atoms with van der Waals surface area (Å²) in [7, 11) is 0. The molecule has 2 aromatic carbocycles. The van der Waals surface area contributed by atoms with E-state index >= 15 is 0 Å². The van der Waals surface area contributed by atoms with Crippen molar-refractivity contribution in [2.45, 2.75) is 12.0 Å². The fourth-order valence-corrected chi connectivity index (χ4v) is 2.87. The minimum Gasteiger partial charge on any atom is -0.363 e. The molecule has 0 bridgehead atoms. The Morgan fingerprint density at radius 1 is 1.12 bits per heavy atom. The first-order valence-electron chi connectivity index (χ1n) is 7.72. The fourth-order valence-electron chi connectivity index (χ4n) is 2.69. The highest BCUT2D eigenvalue weighted by Crippen LogP contribution is 2.31. The second kappa shape index (κ2) is 7.33. The van der Waals surface area contributed by atoms with Gasteiger partial charge < -0.3 is 5.32 Å². The molecule has 1 N–H and O–H groups in total. The van der Waals surface area contributed by atoms with Crippen molar-refractivity contribution in [1.29, 1.82) is 5.26 Å². The highest BCUT2D eigenvalue weighted by molar-refractivity contribution is 6.31. The predicted octanol–water partition coefficient (Wildman–Crippen LogP) is 4.95. The van der Waals surface area contributed by atoms with Crippen molar-refractivity contribution in [3.05, 3.63) is 95.0 Å². The third-order valence-electron chi connectivity index (χ3n) is 3.93. The molecule has 0 saturated carbocycles. The first-order valence-corrected chi connectivity index (χ1v) is 8.10.